The summed E-state index contributed by atoms with van der Waals surface area (Å²) in [7, 11) is 1.54. The molecule has 0 unspecified atom stereocenters. The van der Waals surface area contributed by atoms with Gasteiger partial charge >= 0.3 is 6.61 Å². The van der Waals surface area contributed by atoms with E-state index >= 15 is 0 Å². The number of hydrogen-bond donors (Lipinski definition) is 1. The molecule has 0 spiro atoms. The van der Waals surface area contributed by atoms with Crippen molar-refractivity contribution in [1.29, 1.82) is 0 Å². The number of anilines is 1. The highest BCUT2D eigenvalue weighted by molar-refractivity contribution is 6.01. The van der Waals surface area contributed by atoms with Crippen LogP contribution >= 0.6 is 0 Å². The predicted octanol–water partition coefficient (Wildman–Crippen LogP) is 3.50. The van der Waals surface area contributed by atoms with Gasteiger partial charge in [-0.2, -0.15) is 8.78 Å². The Morgan fingerprint density at radius 1 is 1.16 bits per heavy atom. The van der Waals surface area contributed by atoms with E-state index in [0.29, 0.717) is 30.0 Å². The first kappa shape index (κ1) is 17.2. The molecule has 0 aliphatic carbocycles. The van der Waals surface area contributed by atoms with Crippen molar-refractivity contribution < 1.29 is 23.0 Å². The fraction of sp³-hybridized carbons (Fsp3) is 0.278. The van der Waals surface area contributed by atoms with Crippen LogP contribution < -0.4 is 10.1 Å². The Kier molecular flexibility index (Phi) is 5.14. The second-order valence-electron chi connectivity index (χ2n) is 5.50. The number of hydrogen-bond acceptors (Lipinski definition) is 4. The molecule has 3 rings (SSSR count). The average Bonchev–Trinajstić information content (AvgIpc) is 2.61. The number of para-hydroxylation sites is 2. The number of fused-ring (bicyclic) bond motifs is 1. The third kappa shape index (κ3) is 3.56. The molecule has 1 aliphatic heterocycles. The van der Waals surface area contributed by atoms with E-state index in [4.69, 9.17) is 4.74 Å². The minimum Gasteiger partial charge on any atom is -0.434 e. The summed E-state index contributed by atoms with van der Waals surface area (Å²) in [5, 5.41) is 3.24. The van der Waals surface area contributed by atoms with Gasteiger partial charge in [-0.15, -0.1) is 0 Å². The molecule has 0 saturated heterocycles. The Morgan fingerprint density at radius 3 is 2.64 bits per heavy atom. The van der Waals surface area contributed by atoms with Gasteiger partial charge in [0.15, 0.2) is 0 Å². The van der Waals surface area contributed by atoms with E-state index in [1.165, 1.54) is 6.07 Å². The number of methoxy groups -OCH3 is 1. The third-order valence-corrected chi connectivity index (χ3v) is 3.99. The largest absolute Gasteiger partial charge is 0.434 e. The van der Waals surface area contributed by atoms with Crippen LogP contribution in [0, 0.1) is 0 Å². The van der Waals surface area contributed by atoms with E-state index in [2.05, 4.69) is 10.1 Å². The lowest BCUT2D eigenvalue weighted by Crippen LogP contribution is -2.44. The van der Waals surface area contributed by atoms with Crippen LogP contribution in [0.2, 0.25) is 0 Å². The molecule has 0 saturated carbocycles. The molecule has 1 N–H and O–H groups in total. The Bertz CT molecular complexity index is 755. The van der Waals surface area contributed by atoms with E-state index in [1.807, 2.05) is 6.07 Å². The molecule has 25 heavy (non-hydrogen) atoms. The lowest BCUT2D eigenvalue weighted by Gasteiger charge is -2.38. The van der Waals surface area contributed by atoms with Gasteiger partial charge in [0.05, 0.1) is 12.2 Å². The molecular weight excluding hydrogens is 330 g/mol. The van der Waals surface area contributed by atoms with E-state index in [1.54, 1.807) is 48.4 Å². The van der Waals surface area contributed by atoms with Gasteiger partial charge in [-0.25, -0.2) is 0 Å². The Hall–Kier alpha value is -2.67. The van der Waals surface area contributed by atoms with E-state index in [9.17, 15) is 13.6 Å². The molecule has 0 bridgehead atoms. The highest BCUT2D eigenvalue weighted by Crippen LogP contribution is 2.36. The SMILES string of the molecule is COCCN1C(=O)c2ccccc2N[C@@H]1c1ccccc1OC(F)F. The first-order chi connectivity index (χ1) is 12.1. The molecule has 132 valence electrons. The minimum absolute atomic E-state index is 0.0320. The van der Waals surface area contributed by atoms with Crippen molar-refractivity contribution in [3.05, 3.63) is 59.7 Å². The van der Waals surface area contributed by atoms with E-state index in [0.717, 1.165) is 0 Å². The van der Waals surface area contributed by atoms with Crippen molar-refractivity contribution in [2.75, 3.05) is 25.6 Å². The molecule has 1 atom stereocenters. The quantitative estimate of drug-likeness (QED) is 0.868. The minimum atomic E-state index is -2.94. The Morgan fingerprint density at radius 2 is 1.88 bits per heavy atom. The van der Waals surface area contributed by atoms with Crippen molar-refractivity contribution >= 4 is 11.6 Å². The maximum Gasteiger partial charge on any atom is 0.387 e. The first-order valence-corrected chi connectivity index (χ1v) is 7.81. The summed E-state index contributed by atoms with van der Waals surface area (Å²) in [5.74, 6) is -0.159. The van der Waals surface area contributed by atoms with Crippen LogP contribution in [0.4, 0.5) is 14.5 Å². The van der Waals surface area contributed by atoms with Crippen molar-refractivity contribution in [3.63, 3.8) is 0 Å². The normalized spacial score (nSPS) is 16.6. The van der Waals surface area contributed by atoms with E-state index < -0.39 is 12.8 Å². The standard InChI is InChI=1S/C18H18F2N2O3/c1-24-11-10-22-16(13-7-3-5-9-15(13)25-18(19)20)21-14-8-4-2-6-12(14)17(22)23/h2-9,16,18,21H,10-11H2,1H3/t16-/m0/s1. The number of halogens is 2. The van der Waals surface area contributed by atoms with Crippen molar-refractivity contribution in [1.82, 2.24) is 4.90 Å². The molecular formula is C18H18F2N2O3. The average molecular weight is 348 g/mol. The summed E-state index contributed by atoms with van der Waals surface area (Å²) in [5.41, 5.74) is 1.64. The molecule has 2 aromatic rings. The van der Waals surface area contributed by atoms with Gasteiger partial charge in [-0.3, -0.25) is 4.79 Å². The van der Waals surface area contributed by atoms with Crippen LogP contribution in [0.3, 0.4) is 0 Å². The van der Waals surface area contributed by atoms with Gasteiger partial charge in [0.25, 0.3) is 5.91 Å². The zero-order valence-electron chi connectivity index (χ0n) is 13.6. The number of ether oxygens (including phenoxy) is 2. The number of benzene rings is 2. The summed E-state index contributed by atoms with van der Waals surface area (Å²) in [4.78, 5) is 14.4. The molecule has 7 heteroatoms. The molecule has 1 amide bonds. The molecule has 0 radical (unpaired) electrons. The van der Waals surface area contributed by atoms with Crippen molar-refractivity contribution in [3.8, 4) is 5.75 Å². The number of nitrogens with one attached hydrogen (secondary N) is 1. The lowest BCUT2D eigenvalue weighted by atomic mass is 10.0. The van der Waals surface area contributed by atoms with Gasteiger partial charge in [-0.05, 0) is 18.2 Å². The van der Waals surface area contributed by atoms with Crippen LogP contribution in [0.1, 0.15) is 22.1 Å². The molecule has 5 nitrogen and oxygen atoms in total. The fourth-order valence-electron chi connectivity index (χ4n) is 2.87. The number of alkyl halides is 2. The highest BCUT2D eigenvalue weighted by atomic mass is 19.3. The van der Waals surface area contributed by atoms with Gasteiger partial charge < -0.3 is 19.7 Å². The van der Waals surface area contributed by atoms with E-state index in [-0.39, 0.29) is 11.7 Å². The predicted molar refractivity (Wildman–Crippen MR) is 88.8 cm³/mol. The summed E-state index contributed by atoms with van der Waals surface area (Å²) >= 11 is 0. The molecule has 1 heterocycles. The summed E-state index contributed by atoms with van der Waals surface area (Å²) in [6, 6.07) is 13.5. The van der Waals surface area contributed by atoms with Gasteiger partial charge in [0.2, 0.25) is 0 Å². The molecule has 0 fully saturated rings. The number of carbonyl (C=O) groups excluding carboxylic acids is 1. The second-order valence-corrected chi connectivity index (χ2v) is 5.50. The monoisotopic (exact) mass is 348 g/mol. The van der Waals surface area contributed by atoms with Gasteiger partial charge in [0.1, 0.15) is 11.9 Å². The van der Waals surface area contributed by atoms with Crippen LogP contribution in [-0.4, -0.2) is 37.7 Å². The highest BCUT2D eigenvalue weighted by Gasteiger charge is 2.34. The second kappa shape index (κ2) is 7.48. The third-order valence-electron chi connectivity index (χ3n) is 3.99. The number of nitrogens with zero attached hydrogens (tertiary/aromatic N) is 1. The first-order valence-electron chi connectivity index (χ1n) is 7.81. The number of carbonyl (C=O) groups is 1. The van der Waals surface area contributed by atoms with Crippen LogP contribution in [0.25, 0.3) is 0 Å². The topological polar surface area (TPSA) is 50.8 Å². The lowest BCUT2D eigenvalue weighted by molar-refractivity contribution is -0.0510. The number of rotatable bonds is 6. The maximum absolute atomic E-state index is 12.9. The zero-order valence-corrected chi connectivity index (χ0v) is 13.6. The number of amides is 1. The Balaban J connectivity index is 2.02. The molecule has 1 aliphatic rings. The zero-order chi connectivity index (χ0) is 17.8. The van der Waals surface area contributed by atoms with Crippen molar-refractivity contribution in [2.24, 2.45) is 0 Å². The summed E-state index contributed by atoms with van der Waals surface area (Å²) in [6.07, 6.45) is -0.632. The summed E-state index contributed by atoms with van der Waals surface area (Å²) < 4.78 is 35.2. The van der Waals surface area contributed by atoms with Gasteiger partial charge in [0, 0.05) is 24.9 Å². The smallest absolute Gasteiger partial charge is 0.387 e. The molecule has 2 aromatic carbocycles. The summed E-state index contributed by atoms with van der Waals surface area (Å²) in [6.45, 7) is -2.31. The van der Waals surface area contributed by atoms with Crippen LogP contribution in [0.5, 0.6) is 5.75 Å². The Labute approximate surface area is 144 Å². The van der Waals surface area contributed by atoms with Crippen LogP contribution in [0.15, 0.2) is 48.5 Å². The van der Waals surface area contributed by atoms with Crippen LogP contribution in [-0.2, 0) is 4.74 Å². The van der Waals surface area contributed by atoms with Gasteiger partial charge in [-0.1, -0.05) is 30.3 Å². The maximum atomic E-state index is 12.9. The molecule has 0 aromatic heterocycles. The van der Waals surface area contributed by atoms with Crippen molar-refractivity contribution in [2.45, 2.75) is 12.8 Å². The fourth-order valence-corrected chi connectivity index (χ4v) is 2.87.